The molecular weight excluding hydrogens is 253 g/mol. The number of halogens is 2. The van der Waals surface area contributed by atoms with Crippen molar-refractivity contribution in [2.24, 2.45) is 0 Å². The van der Waals surface area contributed by atoms with Crippen molar-refractivity contribution in [2.75, 3.05) is 19.8 Å². The van der Waals surface area contributed by atoms with Crippen LogP contribution in [0.25, 0.3) is 0 Å². The van der Waals surface area contributed by atoms with E-state index in [0.717, 1.165) is 18.5 Å². The topological polar surface area (TPSA) is 21.3 Å². The summed E-state index contributed by atoms with van der Waals surface area (Å²) >= 11 is 6.00. The molecule has 2 aliphatic rings. The summed E-state index contributed by atoms with van der Waals surface area (Å²) in [5.74, 6) is -0.166. The third kappa shape index (κ3) is 2.15. The van der Waals surface area contributed by atoms with E-state index >= 15 is 0 Å². The molecule has 0 aromatic heterocycles. The first kappa shape index (κ1) is 12.4. The Morgan fingerprint density at radius 2 is 2.28 bits per heavy atom. The molecule has 0 spiro atoms. The van der Waals surface area contributed by atoms with Crippen molar-refractivity contribution in [1.29, 1.82) is 0 Å². The van der Waals surface area contributed by atoms with Gasteiger partial charge in [0.2, 0.25) is 0 Å². The monoisotopic (exact) mass is 269 g/mol. The summed E-state index contributed by atoms with van der Waals surface area (Å²) in [6, 6.07) is 5.29. The highest BCUT2D eigenvalue weighted by Crippen LogP contribution is 2.40. The molecule has 2 nitrogen and oxygen atoms in total. The molecule has 1 N–H and O–H groups in total. The molecule has 0 radical (unpaired) electrons. The van der Waals surface area contributed by atoms with Crippen LogP contribution < -0.4 is 5.32 Å². The van der Waals surface area contributed by atoms with Crippen molar-refractivity contribution in [3.63, 3.8) is 0 Å². The molecule has 2 aliphatic heterocycles. The van der Waals surface area contributed by atoms with E-state index in [1.165, 1.54) is 18.9 Å². The lowest BCUT2D eigenvalue weighted by molar-refractivity contribution is -0.0695. The van der Waals surface area contributed by atoms with Crippen LogP contribution in [0.4, 0.5) is 4.39 Å². The van der Waals surface area contributed by atoms with E-state index in [-0.39, 0.29) is 11.2 Å². The summed E-state index contributed by atoms with van der Waals surface area (Å²) in [7, 11) is 0. The number of hydrogen-bond acceptors (Lipinski definition) is 2. The molecule has 1 unspecified atom stereocenters. The molecule has 1 aromatic carbocycles. The first-order chi connectivity index (χ1) is 8.70. The van der Waals surface area contributed by atoms with Gasteiger partial charge in [-0.25, -0.2) is 4.39 Å². The molecule has 1 atom stereocenters. The minimum absolute atomic E-state index is 0.166. The summed E-state index contributed by atoms with van der Waals surface area (Å²) in [5, 5.41) is 4.07. The van der Waals surface area contributed by atoms with Gasteiger partial charge in [-0.05, 0) is 44.0 Å². The highest BCUT2D eigenvalue weighted by molar-refractivity contribution is 6.30. The fourth-order valence-electron chi connectivity index (χ4n) is 3.04. The predicted molar refractivity (Wildman–Crippen MR) is 69.5 cm³/mol. The maximum atomic E-state index is 14.0. The Kier molecular flexibility index (Phi) is 3.31. The second-order valence-electron chi connectivity index (χ2n) is 5.39. The minimum atomic E-state index is -0.184. The normalized spacial score (nSPS) is 26.0. The fourth-order valence-corrected chi connectivity index (χ4v) is 3.21. The van der Waals surface area contributed by atoms with E-state index in [0.29, 0.717) is 24.3 Å². The van der Waals surface area contributed by atoms with Crippen LogP contribution in [0.3, 0.4) is 0 Å². The predicted octanol–water partition coefficient (Wildman–Crippen LogP) is 2.89. The first-order valence-corrected chi connectivity index (χ1v) is 6.84. The van der Waals surface area contributed by atoms with Crippen LogP contribution in [-0.4, -0.2) is 25.8 Å². The molecule has 2 fully saturated rings. The van der Waals surface area contributed by atoms with Crippen LogP contribution in [0.5, 0.6) is 0 Å². The van der Waals surface area contributed by atoms with E-state index in [2.05, 4.69) is 5.32 Å². The Labute approximate surface area is 111 Å². The van der Waals surface area contributed by atoms with E-state index in [4.69, 9.17) is 16.3 Å². The van der Waals surface area contributed by atoms with Gasteiger partial charge in [0.25, 0.3) is 0 Å². The SMILES string of the molecule is Fc1ccc(Cl)cc1C1(CC2CCCN2)COC1. The summed E-state index contributed by atoms with van der Waals surface area (Å²) < 4.78 is 19.4. The lowest BCUT2D eigenvalue weighted by Crippen LogP contribution is -2.50. The van der Waals surface area contributed by atoms with Crippen molar-refractivity contribution in [3.8, 4) is 0 Å². The van der Waals surface area contributed by atoms with Gasteiger partial charge in [-0.15, -0.1) is 0 Å². The summed E-state index contributed by atoms with van der Waals surface area (Å²) in [6.45, 7) is 2.27. The highest BCUT2D eigenvalue weighted by Gasteiger charge is 2.44. The molecule has 18 heavy (non-hydrogen) atoms. The van der Waals surface area contributed by atoms with Crippen LogP contribution in [0.15, 0.2) is 18.2 Å². The van der Waals surface area contributed by atoms with E-state index < -0.39 is 0 Å². The average Bonchev–Trinajstić information content (AvgIpc) is 2.80. The van der Waals surface area contributed by atoms with E-state index in [1.54, 1.807) is 12.1 Å². The van der Waals surface area contributed by atoms with Crippen molar-refractivity contribution in [2.45, 2.75) is 30.7 Å². The van der Waals surface area contributed by atoms with Crippen molar-refractivity contribution < 1.29 is 9.13 Å². The van der Waals surface area contributed by atoms with E-state index in [9.17, 15) is 4.39 Å². The molecule has 98 valence electrons. The molecule has 0 saturated carbocycles. The van der Waals surface area contributed by atoms with Gasteiger partial charge in [0, 0.05) is 22.0 Å². The number of ether oxygens (including phenoxy) is 1. The van der Waals surface area contributed by atoms with Gasteiger partial charge in [-0.3, -0.25) is 0 Å². The van der Waals surface area contributed by atoms with Gasteiger partial charge in [-0.2, -0.15) is 0 Å². The third-order valence-corrected chi connectivity index (χ3v) is 4.29. The zero-order chi connectivity index (χ0) is 12.6. The molecule has 1 aromatic rings. The number of nitrogens with one attached hydrogen (secondary N) is 1. The molecule has 0 aliphatic carbocycles. The fraction of sp³-hybridized carbons (Fsp3) is 0.571. The Morgan fingerprint density at radius 3 is 2.89 bits per heavy atom. The Hall–Kier alpha value is -0.640. The van der Waals surface area contributed by atoms with Gasteiger partial charge in [-0.1, -0.05) is 11.6 Å². The lowest BCUT2D eigenvalue weighted by atomic mass is 9.73. The van der Waals surface area contributed by atoms with Gasteiger partial charge in [0.05, 0.1) is 13.2 Å². The second kappa shape index (κ2) is 4.80. The third-order valence-electron chi connectivity index (χ3n) is 4.06. The van der Waals surface area contributed by atoms with Gasteiger partial charge in [0.1, 0.15) is 5.82 Å². The largest absolute Gasteiger partial charge is 0.379 e. The first-order valence-electron chi connectivity index (χ1n) is 6.46. The molecule has 3 rings (SSSR count). The Balaban J connectivity index is 1.87. The maximum absolute atomic E-state index is 14.0. The van der Waals surface area contributed by atoms with Crippen molar-refractivity contribution >= 4 is 11.6 Å². The zero-order valence-corrected chi connectivity index (χ0v) is 11.0. The lowest BCUT2D eigenvalue weighted by Gasteiger charge is -2.43. The van der Waals surface area contributed by atoms with Gasteiger partial charge < -0.3 is 10.1 Å². The van der Waals surface area contributed by atoms with Crippen molar-refractivity contribution in [1.82, 2.24) is 5.32 Å². The van der Waals surface area contributed by atoms with Crippen LogP contribution >= 0.6 is 11.6 Å². The molecule has 2 saturated heterocycles. The molecule has 2 heterocycles. The molecule has 0 bridgehead atoms. The number of benzene rings is 1. The molecular formula is C14H17ClFNO. The van der Waals surface area contributed by atoms with E-state index in [1.807, 2.05) is 0 Å². The summed E-state index contributed by atoms with van der Waals surface area (Å²) in [5.41, 5.74) is 0.534. The summed E-state index contributed by atoms with van der Waals surface area (Å²) in [4.78, 5) is 0. The summed E-state index contributed by atoms with van der Waals surface area (Å²) in [6.07, 6.45) is 3.31. The Bertz CT molecular complexity index is 441. The number of hydrogen-bond donors (Lipinski definition) is 1. The van der Waals surface area contributed by atoms with Crippen LogP contribution in [0.2, 0.25) is 5.02 Å². The highest BCUT2D eigenvalue weighted by atomic mass is 35.5. The molecule has 4 heteroatoms. The smallest absolute Gasteiger partial charge is 0.127 e. The molecule has 0 amide bonds. The zero-order valence-electron chi connectivity index (χ0n) is 10.2. The van der Waals surface area contributed by atoms with Gasteiger partial charge >= 0.3 is 0 Å². The quantitative estimate of drug-likeness (QED) is 0.911. The standard InChI is InChI=1S/C14H17ClFNO/c15-10-3-4-13(16)12(6-10)14(8-18-9-14)7-11-2-1-5-17-11/h3-4,6,11,17H,1-2,5,7-9H2. The minimum Gasteiger partial charge on any atom is -0.379 e. The Morgan fingerprint density at radius 1 is 1.44 bits per heavy atom. The second-order valence-corrected chi connectivity index (χ2v) is 5.83. The number of rotatable bonds is 3. The maximum Gasteiger partial charge on any atom is 0.127 e. The van der Waals surface area contributed by atoms with Gasteiger partial charge in [0.15, 0.2) is 0 Å². The average molecular weight is 270 g/mol. The van der Waals surface area contributed by atoms with Crippen LogP contribution in [0, 0.1) is 5.82 Å². The van der Waals surface area contributed by atoms with Crippen LogP contribution in [-0.2, 0) is 10.2 Å². The van der Waals surface area contributed by atoms with Crippen LogP contribution in [0.1, 0.15) is 24.8 Å². The van der Waals surface area contributed by atoms with Crippen molar-refractivity contribution in [3.05, 3.63) is 34.6 Å².